The minimum atomic E-state index is -0.353. The third kappa shape index (κ3) is 3.38. The Hall–Kier alpha value is -3.87. The third-order valence-corrected chi connectivity index (χ3v) is 5.75. The number of aromatic nitrogens is 4. The Morgan fingerprint density at radius 1 is 1.00 bits per heavy atom. The summed E-state index contributed by atoms with van der Waals surface area (Å²) in [5.41, 5.74) is 3.56. The van der Waals surface area contributed by atoms with E-state index in [2.05, 4.69) is 10.4 Å². The van der Waals surface area contributed by atoms with Crippen LogP contribution in [0.1, 0.15) is 40.6 Å². The Balaban J connectivity index is 1.54. The van der Waals surface area contributed by atoms with Gasteiger partial charge < -0.3 is 5.32 Å². The highest BCUT2D eigenvalue weighted by molar-refractivity contribution is 6.03. The normalized spacial score (nSPS) is 13.4. The molecule has 1 amide bonds. The van der Waals surface area contributed by atoms with E-state index in [9.17, 15) is 9.59 Å². The maximum absolute atomic E-state index is 13.3. The maximum atomic E-state index is 13.3. The highest BCUT2D eigenvalue weighted by Gasteiger charge is 2.29. The molecule has 1 aliphatic carbocycles. The van der Waals surface area contributed by atoms with Gasteiger partial charge >= 0.3 is 0 Å². The molecule has 1 aliphatic rings. The van der Waals surface area contributed by atoms with Crippen molar-refractivity contribution in [3.8, 4) is 11.4 Å². The van der Waals surface area contributed by atoms with E-state index in [-0.39, 0.29) is 17.2 Å². The smallest absolute Gasteiger partial charge is 0.295 e. The van der Waals surface area contributed by atoms with E-state index >= 15 is 0 Å². The summed E-state index contributed by atoms with van der Waals surface area (Å²) in [6, 6.07) is 20.8. The number of benzene rings is 2. The number of carbonyl (C=O) groups is 1. The predicted molar refractivity (Wildman–Crippen MR) is 119 cm³/mol. The van der Waals surface area contributed by atoms with Gasteiger partial charge in [-0.05, 0) is 50.1 Å². The van der Waals surface area contributed by atoms with E-state index in [1.54, 1.807) is 21.1 Å². The summed E-state index contributed by atoms with van der Waals surface area (Å²) in [4.78, 5) is 26.5. The second-order valence-corrected chi connectivity index (χ2v) is 7.87. The first-order chi connectivity index (χ1) is 15.0. The first-order valence-corrected chi connectivity index (χ1v) is 10.4. The molecule has 1 fully saturated rings. The topological polar surface area (TPSA) is 73.8 Å². The molecule has 31 heavy (non-hydrogen) atoms. The molecule has 7 nitrogen and oxygen atoms in total. The molecule has 1 N–H and O–H groups in total. The lowest BCUT2D eigenvalue weighted by Gasteiger charge is -2.08. The molecule has 7 heteroatoms. The molecule has 2 aromatic heterocycles. The number of anilines is 1. The fourth-order valence-electron chi connectivity index (χ4n) is 3.80. The van der Waals surface area contributed by atoms with Crippen LogP contribution in [0.4, 0.5) is 5.69 Å². The van der Waals surface area contributed by atoms with E-state index in [0.717, 1.165) is 29.9 Å². The van der Waals surface area contributed by atoms with Crippen LogP contribution in [-0.2, 0) is 7.05 Å². The molecule has 0 bridgehead atoms. The van der Waals surface area contributed by atoms with Crippen LogP contribution in [0.5, 0.6) is 0 Å². The number of hydrogen-bond donors (Lipinski definition) is 1. The molecule has 0 saturated heterocycles. The van der Waals surface area contributed by atoms with Crippen molar-refractivity contribution in [1.29, 1.82) is 0 Å². The Kier molecular flexibility index (Phi) is 4.58. The van der Waals surface area contributed by atoms with Crippen LogP contribution >= 0.6 is 0 Å². The zero-order chi connectivity index (χ0) is 21.5. The minimum Gasteiger partial charge on any atom is -0.314 e. The summed E-state index contributed by atoms with van der Waals surface area (Å²) >= 11 is 0. The molecule has 2 heterocycles. The summed E-state index contributed by atoms with van der Waals surface area (Å²) in [7, 11) is 1.80. The Labute approximate surface area is 179 Å². The van der Waals surface area contributed by atoms with Gasteiger partial charge in [0.2, 0.25) is 0 Å². The van der Waals surface area contributed by atoms with Crippen LogP contribution in [0.15, 0.2) is 71.5 Å². The van der Waals surface area contributed by atoms with Crippen molar-refractivity contribution in [3.05, 3.63) is 94.2 Å². The van der Waals surface area contributed by atoms with Crippen LogP contribution in [0, 0.1) is 6.92 Å². The molecular formula is C24H23N5O2. The molecule has 4 aromatic rings. The van der Waals surface area contributed by atoms with Crippen molar-refractivity contribution < 1.29 is 4.79 Å². The SMILES string of the molecule is Cc1c(NC(=O)c2cc(C3CC3)nn2-c2ccccc2)c(=O)n(-c2ccccc2)n1C. The molecule has 0 aliphatic heterocycles. The van der Waals surface area contributed by atoms with Crippen molar-refractivity contribution in [2.45, 2.75) is 25.7 Å². The summed E-state index contributed by atoms with van der Waals surface area (Å²) in [5.74, 6) is 0.0551. The molecule has 0 atom stereocenters. The van der Waals surface area contributed by atoms with Crippen molar-refractivity contribution in [2.24, 2.45) is 7.05 Å². The molecule has 2 aromatic carbocycles. The van der Waals surface area contributed by atoms with E-state index in [0.29, 0.717) is 17.3 Å². The van der Waals surface area contributed by atoms with Gasteiger partial charge in [-0.15, -0.1) is 0 Å². The maximum Gasteiger partial charge on any atom is 0.295 e. The van der Waals surface area contributed by atoms with Gasteiger partial charge in [-0.1, -0.05) is 36.4 Å². The van der Waals surface area contributed by atoms with Gasteiger partial charge in [0, 0.05) is 13.0 Å². The Morgan fingerprint density at radius 2 is 1.61 bits per heavy atom. The lowest BCUT2D eigenvalue weighted by atomic mass is 10.2. The summed E-state index contributed by atoms with van der Waals surface area (Å²) in [6.45, 7) is 1.82. The molecule has 1 saturated carbocycles. The van der Waals surface area contributed by atoms with Crippen LogP contribution in [0.25, 0.3) is 11.4 Å². The summed E-state index contributed by atoms with van der Waals surface area (Å²) in [5, 5.41) is 7.54. The largest absolute Gasteiger partial charge is 0.314 e. The number of nitrogens with zero attached hydrogens (tertiary/aromatic N) is 4. The first-order valence-electron chi connectivity index (χ1n) is 10.4. The van der Waals surface area contributed by atoms with Gasteiger partial charge in [0.15, 0.2) is 0 Å². The van der Waals surface area contributed by atoms with Crippen LogP contribution in [-0.4, -0.2) is 25.1 Å². The predicted octanol–water partition coefficient (Wildman–Crippen LogP) is 3.80. The fraction of sp³-hybridized carbons (Fsp3) is 0.208. The van der Waals surface area contributed by atoms with Crippen molar-refractivity contribution in [2.75, 3.05) is 5.32 Å². The highest BCUT2D eigenvalue weighted by Crippen LogP contribution is 2.39. The fourth-order valence-corrected chi connectivity index (χ4v) is 3.80. The van der Waals surface area contributed by atoms with Gasteiger partial charge in [0.05, 0.1) is 22.8 Å². The number of carbonyl (C=O) groups excluding carboxylic acids is 1. The van der Waals surface area contributed by atoms with Gasteiger partial charge in [0.25, 0.3) is 11.5 Å². The van der Waals surface area contributed by atoms with Crippen LogP contribution < -0.4 is 10.9 Å². The minimum absolute atomic E-state index is 0.269. The zero-order valence-electron chi connectivity index (χ0n) is 17.4. The van der Waals surface area contributed by atoms with Gasteiger partial charge in [0.1, 0.15) is 11.4 Å². The second kappa shape index (κ2) is 7.43. The molecule has 0 spiro atoms. The van der Waals surface area contributed by atoms with E-state index in [1.165, 1.54) is 0 Å². The van der Waals surface area contributed by atoms with Crippen LogP contribution in [0.3, 0.4) is 0 Å². The van der Waals surface area contributed by atoms with Crippen molar-refractivity contribution in [3.63, 3.8) is 0 Å². The number of rotatable bonds is 5. The molecule has 156 valence electrons. The number of nitrogens with one attached hydrogen (secondary N) is 1. The third-order valence-electron chi connectivity index (χ3n) is 5.75. The molecule has 0 unspecified atom stereocenters. The zero-order valence-corrected chi connectivity index (χ0v) is 17.4. The lowest BCUT2D eigenvalue weighted by molar-refractivity contribution is 0.101. The van der Waals surface area contributed by atoms with E-state index in [1.807, 2.05) is 73.7 Å². The monoisotopic (exact) mass is 413 g/mol. The molecular weight excluding hydrogens is 390 g/mol. The Bertz CT molecular complexity index is 1310. The summed E-state index contributed by atoms with van der Waals surface area (Å²) in [6.07, 6.45) is 2.18. The number of para-hydroxylation sites is 2. The number of amides is 1. The lowest BCUT2D eigenvalue weighted by Crippen LogP contribution is -2.24. The summed E-state index contributed by atoms with van der Waals surface area (Å²) < 4.78 is 4.96. The Morgan fingerprint density at radius 3 is 2.23 bits per heavy atom. The molecule has 5 rings (SSSR count). The van der Waals surface area contributed by atoms with Crippen molar-refractivity contribution in [1.82, 2.24) is 19.1 Å². The quantitative estimate of drug-likeness (QED) is 0.541. The van der Waals surface area contributed by atoms with Gasteiger partial charge in [-0.25, -0.2) is 9.36 Å². The highest BCUT2D eigenvalue weighted by atomic mass is 16.2. The van der Waals surface area contributed by atoms with Gasteiger partial charge in [-0.3, -0.25) is 14.3 Å². The first kappa shape index (κ1) is 19.1. The second-order valence-electron chi connectivity index (χ2n) is 7.87. The van der Waals surface area contributed by atoms with E-state index in [4.69, 9.17) is 0 Å². The number of hydrogen-bond acceptors (Lipinski definition) is 3. The standard InChI is InChI=1S/C24H23N5O2/c1-16-22(24(31)29(27(16)2)19-11-7-4-8-12-19)25-23(30)21-15-20(17-13-14-17)26-28(21)18-9-5-3-6-10-18/h3-12,15,17H,13-14H2,1-2H3,(H,25,30). The average Bonchev–Trinajstić information content (AvgIpc) is 3.51. The molecule has 0 radical (unpaired) electrons. The van der Waals surface area contributed by atoms with Crippen molar-refractivity contribution >= 4 is 11.6 Å². The average molecular weight is 413 g/mol. The van der Waals surface area contributed by atoms with Gasteiger partial charge in [-0.2, -0.15) is 5.10 Å². The van der Waals surface area contributed by atoms with E-state index < -0.39 is 0 Å². The van der Waals surface area contributed by atoms with Crippen LogP contribution in [0.2, 0.25) is 0 Å².